The third kappa shape index (κ3) is 26.0. The summed E-state index contributed by atoms with van der Waals surface area (Å²) in [6.07, 6.45) is -2.80. The first-order chi connectivity index (χ1) is 68.2. The van der Waals surface area contributed by atoms with Crippen LogP contribution >= 0.6 is 0 Å². The zero-order valence-electron chi connectivity index (χ0n) is 81.0. The molecule has 4 N–H and O–H groups in total. The maximum atomic E-state index is 14.0. The fourth-order valence-corrected chi connectivity index (χ4v) is 17.8. The third-order valence-corrected chi connectivity index (χ3v) is 25.2. The van der Waals surface area contributed by atoms with Gasteiger partial charge >= 0.3 is 24.4 Å². The SMILES string of the molecule is C=C1C[C@H]2[C@H](O)N(C(=O)OCC(=O)CCOCCCC(=O)CCN3C(=O)C=CC3=O)c3cc(OCCCCCOc4cc5c(cc4OC)C(=O)N4CC(=C)C[C@H]4[C@H](O)N5C(=O)OCC(=O)CCOCCOC)c(C)cc3C(=O)N2C1.C=C1C[C@H]2[C@H](O)N(C(=O)OCC)c3cc(OCCCCCOc4cc5c(cc4OC)C(=O)N4CC(=C)C[C@H]4[C@H](O)N5C(=O)OCC(=O)CCOCCOC)c(C)cc3C(=O)N2C1. The first-order valence-electron chi connectivity index (χ1n) is 47.2. The maximum Gasteiger partial charge on any atom is 0.416 e. The van der Waals surface area contributed by atoms with Gasteiger partial charge in [0.1, 0.15) is 17.3 Å². The van der Waals surface area contributed by atoms with Gasteiger partial charge in [0, 0.05) is 122 Å². The summed E-state index contributed by atoms with van der Waals surface area (Å²) >= 11 is 0. The van der Waals surface area contributed by atoms with Gasteiger partial charge in [0.15, 0.2) is 85.1 Å². The average molecular weight is 1980 g/mol. The first-order valence-corrected chi connectivity index (χ1v) is 47.2. The van der Waals surface area contributed by atoms with Gasteiger partial charge in [0.2, 0.25) is 0 Å². The number of fused-ring (bicyclic) bond motifs is 8. The van der Waals surface area contributed by atoms with Crippen LogP contribution in [0, 0.1) is 13.8 Å². The van der Waals surface area contributed by atoms with Crippen molar-refractivity contribution in [2.75, 3.05) is 186 Å². The number of rotatable bonds is 47. The molecular weight excluding hydrogens is 1860 g/mol. The van der Waals surface area contributed by atoms with E-state index < -0.39 is 140 Å². The van der Waals surface area contributed by atoms with E-state index in [1.807, 2.05) is 0 Å². The van der Waals surface area contributed by atoms with E-state index in [4.69, 9.17) is 71.1 Å². The van der Waals surface area contributed by atoms with Gasteiger partial charge in [-0.15, -0.1) is 0 Å². The molecule has 4 saturated heterocycles. The molecule has 42 nitrogen and oxygen atoms in total. The number of imide groups is 1. The number of methoxy groups -OCH3 is 4. The molecule has 0 bridgehead atoms. The summed E-state index contributed by atoms with van der Waals surface area (Å²) in [4.78, 5) is 194. The van der Waals surface area contributed by atoms with E-state index in [9.17, 15) is 87.5 Å². The van der Waals surface area contributed by atoms with Crippen molar-refractivity contribution in [2.24, 2.45) is 0 Å². The van der Waals surface area contributed by atoms with E-state index in [-0.39, 0.29) is 230 Å². The number of nitrogens with zero attached hydrogens (tertiary/aromatic N) is 9. The Labute approximate surface area is 821 Å². The lowest BCUT2D eigenvalue weighted by molar-refractivity contribution is -0.137. The maximum absolute atomic E-state index is 14.0. The van der Waals surface area contributed by atoms with E-state index in [0.717, 1.165) is 42.2 Å². The van der Waals surface area contributed by atoms with Crippen LogP contribution in [0.5, 0.6) is 34.5 Å². The smallest absolute Gasteiger partial charge is 0.416 e. The molecule has 4 fully saturated rings. The second kappa shape index (κ2) is 50.5. The number of amides is 10. The van der Waals surface area contributed by atoms with Crippen LogP contribution in [0.1, 0.15) is 162 Å². The van der Waals surface area contributed by atoms with E-state index in [1.165, 1.54) is 78.4 Å². The van der Waals surface area contributed by atoms with Crippen molar-refractivity contribution in [3.8, 4) is 34.5 Å². The third-order valence-electron chi connectivity index (χ3n) is 25.2. The molecule has 4 aromatic rings. The van der Waals surface area contributed by atoms with Gasteiger partial charge in [0.25, 0.3) is 35.4 Å². The fraction of sp³-hybridized carbons (Fsp3) is 0.520. The quantitative estimate of drug-likeness (QED) is 0.0140. The molecular formula is C100H125N9O33. The van der Waals surface area contributed by atoms with Crippen molar-refractivity contribution in [1.82, 2.24) is 24.5 Å². The van der Waals surface area contributed by atoms with Crippen molar-refractivity contribution in [2.45, 2.75) is 173 Å². The molecule has 13 rings (SSSR count). The largest absolute Gasteiger partial charge is 0.493 e. The lowest BCUT2D eigenvalue weighted by atomic mass is 10.1. The van der Waals surface area contributed by atoms with Crippen molar-refractivity contribution >= 4 is 106 Å². The van der Waals surface area contributed by atoms with Crippen molar-refractivity contribution < 1.29 is 159 Å². The van der Waals surface area contributed by atoms with E-state index in [0.29, 0.717) is 111 Å². The number of ketones is 4. The van der Waals surface area contributed by atoms with Gasteiger partial charge in [-0.05, 0) is 127 Å². The van der Waals surface area contributed by atoms with Crippen molar-refractivity contribution in [3.63, 3.8) is 0 Å². The Kier molecular flexibility index (Phi) is 38.2. The number of carbonyl (C=O) groups excluding carboxylic acids is 14. The Morgan fingerprint density at radius 3 is 0.958 bits per heavy atom. The van der Waals surface area contributed by atoms with Gasteiger partial charge in [-0.3, -0.25) is 52.8 Å². The molecule has 0 aromatic heterocycles. The standard InChI is InChI=1S/C56H69N5O19.C44H56N4O14/c1-34-24-44-53(69)60(55(71)79-32-38(63)14-20-75-17-9-10-37(62)13-16-57-49(65)11-12-50(57)66)42-28-46(36(3)26-40(42)51(67)58(44)30-34)77-18-7-6-8-19-78-48-29-43-41(27-47(48)74-5)52(68)59-31-35(2)25-45(59)54(70)61(43)56(72)80-33-39(64)15-21-76-23-22-73-4;1-7-59-43(54)47-32-21-36(28(4)19-30(32)39(50)45-23-26(2)17-34(45)41(47)52)60-12-9-8-10-13-61-38-22-33-31(20-37(38)57-6)40(51)46-24-27(3)18-35(46)42(53)48(33)44(55)62-25-29(49)11-14-58-16-15-56-5/h11-12,26-29,44-45,53-54,69-70H,1-2,6-10,13-25,30-33H2,3-5H3;19-22,34-35,41-42,52-53H,2-3,7-18,23-25H2,1,4-6H3/t44-,45-,53-,54-;34-,35-,41-,42-/m00/s1. The van der Waals surface area contributed by atoms with E-state index in [2.05, 4.69) is 26.3 Å². The first kappa shape index (κ1) is 108. The van der Waals surface area contributed by atoms with Crippen LogP contribution in [0.15, 0.2) is 109 Å². The molecule has 142 heavy (non-hydrogen) atoms. The van der Waals surface area contributed by atoms with E-state index in [1.54, 1.807) is 39.0 Å². The lowest BCUT2D eigenvalue weighted by Gasteiger charge is -2.31. The molecule has 0 aliphatic carbocycles. The number of hydrogen-bond donors (Lipinski definition) is 4. The number of aliphatic hydroxyl groups is 4. The molecule has 0 spiro atoms. The molecule has 10 amide bonds. The summed E-state index contributed by atoms with van der Waals surface area (Å²) in [5.74, 6) is -2.47. The molecule has 9 aliphatic heterocycles. The van der Waals surface area contributed by atoms with Crippen molar-refractivity contribution in [3.05, 3.63) is 143 Å². The van der Waals surface area contributed by atoms with Gasteiger partial charge in [-0.25, -0.2) is 38.8 Å². The summed E-state index contributed by atoms with van der Waals surface area (Å²) in [6.45, 7) is 22.7. The normalized spacial score (nSPS) is 19.9. The number of aliphatic hydroxyl groups excluding tert-OH is 4. The molecule has 9 heterocycles. The molecule has 0 unspecified atom stereocenters. The van der Waals surface area contributed by atoms with Crippen LogP contribution in [0.3, 0.4) is 0 Å². The molecule has 0 radical (unpaired) electrons. The highest BCUT2D eigenvalue weighted by molar-refractivity contribution is 6.13. The Bertz CT molecular complexity index is 5450. The van der Waals surface area contributed by atoms with Crippen molar-refractivity contribution in [1.29, 1.82) is 0 Å². The number of unbranched alkanes of at least 4 members (excludes halogenated alkanes) is 4. The molecule has 768 valence electrons. The highest BCUT2D eigenvalue weighted by atomic mass is 16.6. The Morgan fingerprint density at radius 2 is 0.641 bits per heavy atom. The van der Waals surface area contributed by atoms with Crippen LogP contribution in [0.4, 0.5) is 41.9 Å². The number of aryl methyl sites for hydroxylation is 2. The van der Waals surface area contributed by atoms with Crippen LogP contribution in [-0.4, -0.2) is 344 Å². The van der Waals surface area contributed by atoms with Crippen LogP contribution in [0.2, 0.25) is 0 Å². The van der Waals surface area contributed by atoms with Gasteiger partial charge in [-0.2, -0.15) is 0 Å². The zero-order valence-corrected chi connectivity index (χ0v) is 81.0. The molecule has 9 aliphatic rings. The highest BCUT2D eigenvalue weighted by Gasteiger charge is 2.52. The van der Waals surface area contributed by atoms with Crippen LogP contribution < -0.4 is 48.0 Å². The lowest BCUT2D eigenvalue weighted by Crippen LogP contribution is -2.51. The predicted molar refractivity (Wildman–Crippen MR) is 507 cm³/mol. The highest BCUT2D eigenvalue weighted by Crippen LogP contribution is 2.47. The Morgan fingerprint density at radius 1 is 0.338 bits per heavy atom. The minimum Gasteiger partial charge on any atom is -0.493 e. The summed E-state index contributed by atoms with van der Waals surface area (Å²) in [5, 5.41) is 46.4. The topological polar surface area (TPSA) is 488 Å². The summed E-state index contributed by atoms with van der Waals surface area (Å²) in [5.41, 5.74) is 4.82. The Balaban J connectivity index is 0.000000262. The second-order valence-electron chi connectivity index (χ2n) is 35.4. The molecule has 0 saturated carbocycles. The van der Waals surface area contributed by atoms with Gasteiger partial charge in [-0.1, -0.05) is 48.6 Å². The van der Waals surface area contributed by atoms with Gasteiger partial charge in [0.05, 0.1) is 163 Å². The number of carbonyl (C=O) groups is 14. The number of benzene rings is 4. The number of ether oxygens (including phenoxy) is 15. The minimum atomic E-state index is -1.58. The number of hydrogen-bond acceptors (Lipinski definition) is 33. The molecule has 4 aromatic carbocycles. The molecule has 42 heteroatoms. The number of Topliss-reactive ketones (excluding diaryl/α,β-unsaturated/α-hetero) is 4. The molecule has 8 atom stereocenters. The van der Waals surface area contributed by atoms with E-state index >= 15 is 0 Å². The van der Waals surface area contributed by atoms with Crippen LogP contribution in [-0.2, 0) is 71.4 Å². The summed E-state index contributed by atoms with van der Waals surface area (Å²) in [6, 6.07) is 8.90. The minimum absolute atomic E-state index is 0.000536. The Hall–Kier alpha value is -13.2. The average Bonchev–Trinajstić information content (AvgIpc) is 1.57. The predicted octanol–water partition coefficient (Wildman–Crippen LogP) is 8.35. The monoisotopic (exact) mass is 1980 g/mol. The van der Waals surface area contributed by atoms with Gasteiger partial charge < -0.3 is 111 Å². The second-order valence-corrected chi connectivity index (χ2v) is 35.4. The summed E-state index contributed by atoms with van der Waals surface area (Å²) in [7, 11) is 5.88. The van der Waals surface area contributed by atoms with Crippen LogP contribution in [0.25, 0.3) is 0 Å². The fourth-order valence-electron chi connectivity index (χ4n) is 17.8. The zero-order chi connectivity index (χ0) is 102. The number of anilines is 4. The summed E-state index contributed by atoms with van der Waals surface area (Å²) < 4.78 is 83.4.